The molecular formula is C9H7F3OS. The SMILES string of the molecule is O=CCc1ccc(SC(F)(F)F)cc1. The third-order valence-electron chi connectivity index (χ3n) is 1.48. The average Bonchev–Trinajstić information content (AvgIpc) is 2.06. The maximum atomic E-state index is 11.9. The minimum absolute atomic E-state index is 0.132. The van der Waals surface area contributed by atoms with Gasteiger partial charge in [0.15, 0.2) is 0 Å². The second-order valence-corrected chi connectivity index (χ2v) is 3.70. The molecule has 1 aromatic carbocycles. The summed E-state index contributed by atoms with van der Waals surface area (Å²) in [5.41, 5.74) is -3.54. The van der Waals surface area contributed by atoms with Crippen molar-refractivity contribution in [2.75, 3.05) is 0 Å². The van der Waals surface area contributed by atoms with Crippen molar-refractivity contribution in [1.29, 1.82) is 0 Å². The lowest BCUT2D eigenvalue weighted by Crippen LogP contribution is -1.98. The van der Waals surface area contributed by atoms with Gasteiger partial charge in [0.2, 0.25) is 0 Å². The summed E-state index contributed by atoms with van der Waals surface area (Å²) in [7, 11) is 0. The van der Waals surface area contributed by atoms with E-state index in [2.05, 4.69) is 0 Å². The smallest absolute Gasteiger partial charge is 0.303 e. The lowest BCUT2D eigenvalue weighted by atomic mass is 10.2. The zero-order valence-corrected chi connectivity index (χ0v) is 7.86. The molecule has 0 aliphatic heterocycles. The predicted molar refractivity (Wildman–Crippen MR) is 48.1 cm³/mol. The molecular weight excluding hydrogens is 213 g/mol. The van der Waals surface area contributed by atoms with E-state index >= 15 is 0 Å². The fourth-order valence-corrected chi connectivity index (χ4v) is 1.46. The fraction of sp³-hybridized carbons (Fsp3) is 0.222. The Hall–Kier alpha value is -0.970. The third kappa shape index (κ3) is 3.83. The van der Waals surface area contributed by atoms with E-state index in [0.29, 0.717) is 11.8 Å². The number of benzene rings is 1. The maximum Gasteiger partial charge on any atom is 0.446 e. The molecule has 1 rings (SSSR count). The van der Waals surface area contributed by atoms with Gasteiger partial charge in [0, 0.05) is 11.3 Å². The van der Waals surface area contributed by atoms with Gasteiger partial charge in [-0.1, -0.05) is 12.1 Å². The van der Waals surface area contributed by atoms with Crippen molar-refractivity contribution in [3.8, 4) is 0 Å². The molecule has 0 saturated carbocycles. The minimum Gasteiger partial charge on any atom is -0.303 e. The number of carbonyl (C=O) groups is 1. The van der Waals surface area contributed by atoms with Crippen LogP contribution in [0.4, 0.5) is 13.2 Å². The Kier molecular flexibility index (Phi) is 3.57. The Balaban J connectivity index is 2.68. The van der Waals surface area contributed by atoms with Gasteiger partial charge < -0.3 is 4.79 Å². The molecule has 1 nitrogen and oxygen atoms in total. The Labute approximate surface area is 83.3 Å². The van der Waals surface area contributed by atoms with Gasteiger partial charge >= 0.3 is 5.51 Å². The van der Waals surface area contributed by atoms with Crippen LogP contribution in [-0.4, -0.2) is 11.8 Å². The van der Waals surface area contributed by atoms with Gasteiger partial charge in [-0.25, -0.2) is 0 Å². The summed E-state index contributed by atoms with van der Waals surface area (Å²) in [6, 6.07) is 5.75. The van der Waals surface area contributed by atoms with Crippen molar-refractivity contribution in [2.45, 2.75) is 16.8 Å². The minimum atomic E-state index is -4.26. The molecule has 0 fully saturated rings. The highest BCUT2D eigenvalue weighted by atomic mass is 32.2. The number of carbonyl (C=O) groups excluding carboxylic acids is 1. The van der Waals surface area contributed by atoms with Crippen LogP contribution in [0.5, 0.6) is 0 Å². The average molecular weight is 220 g/mol. The van der Waals surface area contributed by atoms with E-state index in [1.807, 2.05) is 0 Å². The van der Waals surface area contributed by atoms with E-state index < -0.39 is 5.51 Å². The van der Waals surface area contributed by atoms with Crippen molar-refractivity contribution in [3.63, 3.8) is 0 Å². The van der Waals surface area contributed by atoms with Crippen molar-refractivity contribution in [3.05, 3.63) is 29.8 Å². The molecule has 0 heterocycles. The molecule has 0 aromatic heterocycles. The summed E-state index contributed by atoms with van der Waals surface area (Å²) in [4.78, 5) is 10.2. The molecule has 0 N–H and O–H groups in total. The Morgan fingerprint density at radius 2 is 1.79 bits per heavy atom. The highest BCUT2D eigenvalue weighted by molar-refractivity contribution is 8.00. The monoisotopic (exact) mass is 220 g/mol. The van der Waals surface area contributed by atoms with Gasteiger partial charge in [-0.15, -0.1) is 0 Å². The van der Waals surface area contributed by atoms with Gasteiger partial charge in [0.1, 0.15) is 6.29 Å². The molecule has 0 saturated heterocycles. The first-order valence-electron chi connectivity index (χ1n) is 3.79. The molecule has 0 spiro atoms. The Bertz CT molecular complexity index is 305. The van der Waals surface area contributed by atoms with E-state index in [9.17, 15) is 18.0 Å². The largest absolute Gasteiger partial charge is 0.446 e. The number of rotatable bonds is 3. The van der Waals surface area contributed by atoms with Crippen LogP contribution < -0.4 is 0 Å². The predicted octanol–water partition coefficient (Wildman–Crippen LogP) is 3.04. The van der Waals surface area contributed by atoms with Gasteiger partial charge in [0.05, 0.1) is 0 Å². The molecule has 0 aliphatic rings. The first-order chi connectivity index (χ1) is 6.51. The molecule has 0 aliphatic carbocycles. The fourth-order valence-electron chi connectivity index (χ4n) is 0.923. The summed E-state index contributed by atoms with van der Waals surface area (Å²) >= 11 is -0.161. The molecule has 0 unspecified atom stereocenters. The summed E-state index contributed by atoms with van der Waals surface area (Å²) in [6.07, 6.45) is 0.947. The molecule has 0 amide bonds. The third-order valence-corrected chi connectivity index (χ3v) is 2.22. The number of thioether (sulfide) groups is 1. The molecule has 14 heavy (non-hydrogen) atoms. The number of aldehydes is 1. The van der Waals surface area contributed by atoms with Gasteiger partial charge in [-0.3, -0.25) is 0 Å². The quantitative estimate of drug-likeness (QED) is 0.575. The standard InChI is InChI=1S/C9H7F3OS/c10-9(11,12)14-8-3-1-7(2-4-8)5-6-13/h1-4,6H,5H2. The van der Waals surface area contributed by atoms with Crippen LogP contribution in [0.2, 0.25) is 0 Å². The van der Waals surface area contributed by atoms with E-state index in [4.69, 9.17) is 0 Å². The maximum absolute atomic E-state index is 11.9. The van der Waals surface area contributed by atoms with Crippen LogP contribution in [-0.2, 0) is 11.2 Å². The van der Waals surface area contributed by atoms with Crippen molar-refractivity contribution in [2.24, 2.45) is 0 Å². The van der Waals surface area contributed by atoms with Crippen molar-refractivity contribution < 1.29 is 18.0 Å². The molecule has 0 radical (unpaired) electrons. The summed E-state index contributed by atoms with van der Waals surface area (Å²) in [5.74, 6) is 0. The van der Waals surface area contributed by atoms with Gasteiger partial charge in [-0.2, -0.15) is 13.2 Å². The lowest BCUT2D eigenvalue weighted by Gasteiger charge is -2.05. The van der Waals surface area contributed by atoms with Crippen LogP contribution in [0.25, 0.3) is 0 Å². The Morgan fingerprint density at radius 3 is 2.21 bits per heavy atom. The number of alkyl halides is 3. The Morgan fingerprint density at radius 1 is 1.21 bits per heavy atom. The second kappa shape index (κ2) is 4.50. The molecule has 76 valence electrons. The van der Waals surface area contributed by atoms with E-state index in [-0.39, 0.29) is 23.1 Å². The molecule has 0 atom stereocenters. The van der Waals surface area contributed by atoms with Crippen molar-refractivity contribution >= 4 is 18.0 Å². The molecule has 1 aromatic rings. The molecule has 0 bridgehead atoms. The van der Waals surface area contributed by atoms with Gasteiger partial charge in [-0.05, 0) is 29.5 Å². The first kappa shape index (κ1) is 11.1. The number of hydrogen-bond donors (Lipinski definition) is 0. The lowest BCUT2D eigenvalue weighted by molar-refractivity contribution is -0.107. The van der Waals surface area contributed by atoms with Gasteiger partial charge in [0.25, 0.3) is 0 Å². The normalized spacial score (nSPS) is 11.4. The second-order valence-electron chi connectivity index (χ2n) is 2.56. The zero-order valence-electron chi connectivity index (χ0n) is 7.04. The first-order valence-corrected chi connectivity index (χ1v) is 4.61. The highest BCUT2D eigenvalue weighted by Crippen LogP contribution is 2.36. The van der Waals surface area contributed by atoms with Crippen LogP contribution in [0.15, 0.2) is 29.2 Å². The summed E-state index contributed by atoms with van der Waals surface area (Å²) in [5, 5.41) is 0. The number of halogens is 3. The van der Waals surface area contributed by atoms with E-state index in [1.165, 1.54) is 24.3 Å². The summed E-state index contributed by atoms with van der Waals surface area (Å²) in [6.45, 7) is 0. The summed E-state index contributed by atoms with van der Waals surface area (Å²) < 4.78 is 35.7. The van der Waals surface area contributed by atoms with Crippen LogP contribution in [0.3, 0.4) is 0 Å². The van der Waals surface area contributed by atoms with Crippen LogP contribution in [0.1, 0.15) is 5.56 Å². The zero-order chi connectivity index (χ0) is 10.6. The van der Waals surface area contributed by atoms with E-state index in [0.717, 1.165) is 0 Å². The van der Waals surface area contributed by atoms with Crippen LogP contribution in [0, 0.1) is 0 Å². The van der Waals surface area contributed by atoms with Crippen molar-refractivity contribution in [1.82, 2.24) is 0 Å². The topological polar surface area (TPSA) is 17.1 Å². The van der Waals surface area contributed by atoms with E-state index in [1.54, 1.807) is 0 Å². The van der Waals surface area contributed by atoms with Crippen LogP contribution >= 0.6 is 11.8 Å². The number of hydrogen-bond acceptors (Lipinski definition) is 2. The highest BCUT2D eigenvalue weighted by Gasteiger charge is 2.28. The molecule has 5 heteroatoms.